The zero-order valence-corrected chi connectivity index (χ0v) is 14.6. The van der Waals surface area contributed by atoms with Crippen molar-refractivity contribution < 1.29 is 14.3 Å². The monoisotopic (exact) mass is 414 g/mol. The molecule has 0 aromatic heterocycles. The maximum atomic E-state index is 11.3. The van der Waals surface area contributed by atoms with E-state index in [9.17, 15) is 9.59 Å². The summed E-state index contributed by atoms with van der Waals surface area (Å²) in [6.45, 7) is 1.29. The summed E-state index contributed by atoms with van der Waals surface area (Å²) in [5.74, 6) is 1.97. The number of hydrogen-bond acceptors (Lipinski definition) is 4. The van der Waals surface area contributed by atoms with Crippen molar-refractivity contribution in [3.8, 4) is 0 Å². The Morgan fingerprint density at radius 1 is 1.35 bits per heavy atom. The third-order valence-corrected chi connectivity index (χ3v) is 4.85. The Hall–Kier alpha value is -0.180. The molecule has 0 aromatic carbocycles. The van der Waals surface area contributed by atoms with Crippen molar-refractivity contribution in [3.63, 3.8) is 0 Å². The molecule has 7 heteroatoms. The summed E-state index contributed by atoms with van der Waals surface area (Å²) in [6.07, 6.45) is 4.55. The highest BCUT2D eigenvalue weighted by atomic mass is 127. The highest BCUT2D eigenvalue weighted by Gasteiger charge is 2.18. The van der Waals surface area contributed by atoms with Gasteiger partial charge in [-0.05, 0) is 25.0 Å². The molecular weight excluding hydrogens is 391 g/mol. The zero-order chi connectivity index (χ0) is 14.6. The number of carbonyl (C=O) groups is 2. The highest BCUT2D eigenvalue weighted by molar-refractivity contribution is 14.1. The first-order chi connectivity index (χ1) is 9.72. The minimum atomic E-state index is -0.0674. The van der Waals surface area contributed by atoms with E-state index in [-0.39, 0.29) is 18.0 Å². The van der Waals surface area contributed by atoms with Crippen molar-refractivity contribution in [2.45, 2.75) is 38.1 Å². The SMILES string of the molecule is O=C1NCC(CSCCCCCC(=O)OCCCI)N1. The molecule has 2 N–H and O–H groups in total. The molecule has 20 heavy (non-hydrogen) atoms. The summed E-state index contributed by atoms with van der Waals surface area (Å²) in [5.41, 5.74) is 0. The molecule has 1 aliphatic rings. The zero-order valence-electron chi connectivity index (χ0n) is 11.7. The Morgan fingerprint density at radius 3 is 2.90 bits per heavy atom. The molecule has 5 nitrogen and oxygen atoms in total. The second kappa shape index (κ2) is 11.5. The quantitative estimate of drug-likeness (QED) is 0.236. The number of rotatable bonds is 11. The van der Waals surface area contributed by atoms with Crippen LogP contribution in [0.25, 0.3) is 0 Å². The number of amides is 2. The molecule has 0 aromatic rings. The topological polar surface area (TPSA) is 67.4 Å². The van der Waals surface area contributed by atoms with Gasteiger partial charge in [0, 0.05) is 23.1 Å². The highest BCUT2D eigenvalue weighted by Crippen LogP contribution is 2.10. The summed E-state index contributed by atoms with van der Waals surface area (Å²) in [5, 5.41) is 5.61. The summed E-state index contributed by atoms with van der Waals surface area (Å²) >= 11 is 4.13. The van der Waals surface area contributed by atoms with E-state index in [1.165, 1.54) is 0 Å². The molecule has 0 radical (unpaired) electrons. The number of carbonyl (C=O) groups excluding carboxylic acids is 2. The van der Waals surface area contributed by atoms with Gasteiger partial charge in [0.25, 0.3) is 0 Å². The molecule has 0 saturated carbocycles. The van der Waals surface area contributed by atoms with Crippen LogP contribution in [0.2, 0.25) is 0 Å². The maximum absolute atomic E-state index is 11.3. The molecule has 116 valence electrons. The number of esters is 1. The van der Waals surface area contributed by atoms with Gasteiger partial charge in [0.1, 0.15) is 0 Å². The number of halogens is 1. The van der Waals surface area contributed by atoms with E-state index in [4.69, 9.17) is 4.74 Å². The van der Waals surface area contributed by atoms with E-state index >= 15 is 0 Å². The molecular formula is C13H23IN2O3S. The minimum Gasteiger partial charge on any atom is -0.466 e. The van der Waals surface area contributed by atoms with Gasteiger partial charge in [-0.15, -0.1) is 0 Å². The maximum Gasteiger partial charge on any atom is 0.315 e. The number of urea groups is 1. The Balaban J connectivity index is 1.82. The van der Waals surface area contributed by atoms with Crippen molar-refractivity contribution in [1.29, 1.82) is 0 Å². The Bertz CT molecular complexity index is 305. The van der Waals surface area contributed by atoms with Crippen molar-refractivity contribution in [1.82, 2.24) is 10.6 Å². The average molecular weight is 414 g/mol. The summed E-state index contributed by atoms with van der Waals surface area (Å²) in [6, 6.07) is 0.206. The van der Waals surface area contributed by atoms with Gasteiger partial charge >= 0.3 is 12.0 Å². The predicted octanol–water partition coefficient (Wildman–Crippen LogP) is 2.33. The van der Waals surface area contributed by atoms with E-state index in [1.54, 1.807) is 0 Å². The predicted molar refractivity (Wildman–Crippen MR) is 90.6 cm³/mol. The second-order valence-corrected chi connectivity index (χ2v) is 6.93. The fraction of sp³-hybridized carbons (Fsp3) is 0.846. The number of unbranched alkanes of at least 4 members (excludes halogenated alkanes) is 2. The van der Waals surface area contributed by atoms with Crippen molar-refractivity contribution in [2.24, 2.45) is 0 Å². The average Bonchev–Trinajstić information content (AvgIpc) is 2.84. The van der Waals surface area contributed by atoms with Crippen LogP contribution in [0.3, 0.4) is 0 Å². The largest absolute Gasteiger partial charge is 0.466 e. The van der Waals surface area contributed by atoms with Gasteiger partial charge in [0.2, 0.25) is 0 Å². The molecule has 0 aliphatic carbocycles. The Morgan fingerprint density at radius 2 is 2.20 bits per heavy atom. The molecule has 1 fully saturated rings. The third kappa shape index (κ3) is 8.89. The van der Waals surface area contributed by atoms with Crippen LogP contribution < -0.4 is 10.6 Å². The number of nitrogens with one attached hydrogen (secondary N) is 2. The minimum absolute atomic E-state index is 0.0586. The fourth-order valence-electron chi connectivity index (χ4n) is 1.79. The molecule has 2 amide bonds. The van der Waals surface area contributed by atoms with Gasteiger partial charge in [0.15, 0.2) is 0 Å². The third-order valence-electron chi connectivity index (χ3n) is 2.87. The lowest BCUT2D eigenvalue weighted by Crippen LogP contribution is -2.28. The molecule has 0 bridgehead atoms. The molecule has 1 heterocycles. The van der Waals surface area contributed by atoms with E-state index in [1.807, 2.05) is 11.8 Å². The molecule has 1 aliphatic heterocycles. The first-order valence-corrected chi connectivity index (χ1v) is 9.74. The lowest BCUT2D eigenvalue weighted by atomic mass is 10.2. The number of hydrogen-bond donors (Lipinski definition) is 2. The van der Waals surface area contributed by atoms with Gasteiger partial charge in [-0.1, -0.05) is 29.0 Å². The van der Waals surface area contributed by atoms with Crippen molar-refractivity contribution in [2.75, 3.05) is 29.1 Å². The van der Waals surface area contributed by atoms with Gasteiger partial charge in [-0.2, -0.15) is 11.8 Å². The van der Waals surface area contributed by atoms with Crippen LogP contribution in [0.5, 0.6) is 0 Å². The molecule has 1 saturated heterocycles. The van der Waals surface area contributed by atoms with Gasteiger partial charge in [-0.25, -0.2) is 4.79 Å². The van der Waals surface area contributed by atoms with Crippen LogP contribution in [0.1, 0.15) is 32.1 Å². The Labute approximate surface area is 138 Å². The molecule has 1 rings (SSSR count). The molecule has 1 unspecified atom stereocenters. The van der Waals surface area contributed by atoms with E-state index in [0.717, 1.165) is 48.2 Å². The van der Waals surface area contributed by atoms with Crippen molar-refractivity contribution >= 4 is 46.4 Å². The van der Waals surface area contributed by atoms with Gasteiger partial charge in [-0.3, -0.25) is 4.79 Å². The second-order valence-electron chi connectivity index (χ2n) is 4.70. The van der Waals surface area contributed by atoms with Crippen molar-refractivity contribution in [3.05, 3.63) is 0 Å². The summed E-state index contributed by atoms with van der Waals surface area (Å²) in [4.78, 5) is 22.2. The number of ether oxygens (including phenoxy) is 1. The van der Waals surface area contributed by atoms with E-state index < -0.39 is 0 Å². The number of thioether (sulfide) groups is 1. The smallest absolute Gasteiger partial charge is 0.315 e. The summed E-state index contributed by atoms with van der Waals surface area (Å²) < 4.78 is 6.12. The lowest BCUT2D eigenvalue weighted by molar-refractivity contribution is -0.143. The van der Waals surface area contributed by atoms with Crippen LogP contribution in [0.4, 0.5) is 4.79 Å². The van der Waals surface area contributed by atoms with Gasteiger partial charge < -0.3 is 15.4 Å². The first-order valence-electron chi connectivity index (χ1n) is 7.06. The first kappa shape index (κ1) is 17.9. The normalized spacial score (nSPS) is 17.6. The fourth-order valence-corrected chi connectivity index (χ4v) is 3.16. The van der Waals surface area contributed by atoms with Crippen LogP contribution >= 0.6 is 34.4 Å². The van der Waals surface area contributed by atoms with Crippen LogP contribution in [0, 0.1) is 0 Å². The molecule has 0 spiro atoms. The van der Waals surface area contributed by atoms with E-state index in [2.05, 4.69) is 33.2 Å². The van der Waals surface area contributed by atoms with Crippen LogP contribution in [-0.2, 0) is 9.53 Å². The van der Waals surface area contributed by atoms with E-state index in [0.29, 0.717) is 13.0 Å². The Kier molecular flexibility index (Phi) is 10.3. The number of alkyl halides is 1. The summed E-state index contributed by atoms with van der Waals surface area (Å²) in [7, 11) is 0. The van der Waals surface area contributed by atoms with Crippen LogP contribution in [0.15, 0.2) is 0 Å². The van der Waals surface area contributed by atoms with Crippen LogP contribution in [-0.4, -0.2) is 47.1 Å². The standard InChI is InChI=1S/C13H23IN2O3S/c14-6-4-7-19-12(17)5-2-1-3-8-20-10-11-9-15-13(18)16-11/h11H,1-10H2,(H2,15,16,18). The molecule has 1 atom stereocenters. The lowest BCUT2D eigenvalue weighted by Gasteiger charge is -2.07. The van der Waals surface area contributed by atoms with Gasteiger partial charge in [0.05, 0.1) is 12.6 Å².